The molecule has 0 aliphatic rings. The number of nitrogens with two attached hydrogens (primary N) is 1. The van der Waals surface area contributed by atoms with E-state index in [-0.39, 0.29) is 0 Å². The highest BCUT2D eigenvalue weighted by Crippen LogP contribution is 2.29. The summed E-state index contributed by atoms with van der Waals surface area (Å²) >= 11 is 5.97. The topological polar surface area (TPSA) is 104 Å². The van der Waals surface area contributed by atoms with Crippen LogP contribution in [0.25, 0.3) is 22.2 Å². The average molecular weight is 503 g/mol. The van der Waals surface area contributed by atoms with Gasteiger partial charge in [0.15, 0.2) is 28.3 Å². The second-order valence-electron chi connectivity index (χ2n) is 7.69. The number of halogens is 1. The van der Waals surface area contributed by atoms with Gasteiger partial charge in [0.1, 0.15) is 0 Å². The summed E-state index contributed by atoms with van der Waals surface area (Å²) < 4.78 is 16.0. The zero-order chi connectivity index (χ0) is 24.2. The predicted molar refractivity (Wildman–Crippen MR) is 140 cm³/mol. The Morgan fingerprint density at radius 1 is 0.771 bits per heavy atom. The fourth-order valence-corrected chi connectivity index (χ4v) is 4.48. The van der Waals surface area contributed by atoms with Crippen molar-refractivity contribution in [1.82, 2.24) is 9.97 Å². The molecule has 0 saturated carbocycles. The summed E-state index contributed by atoms with van der Waals surface area (Å²) in [5.74, 6) is 0.818. The first-order chi connectivity index (χ1) is 17.1. The van der Waals surface area contributed by atoms with Crippen LogP contribution in [0.2, 0.25) is 5.02 Å². The van der Waals surface area contributed by atoms with E-state index in [2.05, 4.69) is 15.0 Å². The molecule has 1 aromatic heterocycles. The number of para-hydroxylation sites is 2. The highest BCUT2D eigenvalue weighted by Gasteiger charge is 2.14. The van der Waals surface area contributed by atoms with Crippen molar-refractivity contribution < 1.29 is 14.9 Å². The normalized spacial score (nSPS) is 11.8. The molecule has 35 heavy (non-hydrogen) atoms. The van der Waals surface area contributed by atoms with Gasteiger partial charge in [-0.15, -0.1) is 0 Å². The summed E-state index contributed by atoms with van der Waals surface area (Å²) in [6.07, 6.45) is 0. The summed E-state index contributed by atoms with van der Waals surface area (Å²) in [4.78, 5) is 9.97. The first kappa shape index (κ1) is 22.9. The molecule has 0 amide bonds. The highest BCUT2D eigenvalue weighted by atomic mass is 35.5. The van der Waals surface area contributed by atoms with Gasteiger partial charge < -0.3 is 5.32 Å². The van der Waals surface area contributed by atoms with Gasteiger partial charge in [0.2, 0.25) is 0 Å². The number of rotatable bonds is 7. The molecule has 9 heteroatoms. The van der Waals surface area contributed by atoms with Crippen molar-refractivity contribution in [3.05, 3.63) is 102 Å². The Kier molecular flexibility index (Phi) is 6.69. The second kappa shape index (κ2) is 10.2. The SMILES string of the molecule is O=S(Nc1nc2ccccc2nc1Nc1cccc(-c2ccc([NH2+]O)cc2)c1)c1ccc(Cl)cc1. The molecule has 0 radical (unpaired) electrons. The molecule has 1 heterocycles. The van der Waals surface area contributed by atoms with Crippen molar-refractivity contribution in [2.24, 2.45) is 0 Å². The predicted octanol–water partition coefficient (Wildman–Crippen LogP) is 5.41. The zero-order valence-corrected chi connectivity index (χ0v) is 19.9. The lowest BCUT2D eigenvalue weighted by atomic mass is 10.0. The van der Waals surface area contributed by atoms with Crippen LogP contribution >= 0.6 is 11.6 Å². The van der Waals surface area contributed by atoms with E-state index in [9.17, 15) is 9.42 Å². The van der Waals surface area contributed by atoms with Crippen molar-refractivity contribution in [3.8, 4) is 11.1 Å². The second-order valence-corrected chi connectivity index (χ2v) is 9.34. The van der Waals surface area contributed by atoms with E-state index in [1.165, 1.54) is 0 Å². The number of nitrogens with zero attached hydrogens (tertiary/aromatic N) is 2. The molecule has 7 nitrogen and oxygen atoms in total. The molecule has 5 aromatic rings. The molecule has 5 N–H and O–H groups in total. The van der Waals surface area contributed by atoms with Crippen LogP contribution in [0.1, 0.15) is 0 Å². The Balaban J connectivity index is 1.48. The molecule has 0 aliphatic carbocycles. The van der Waals surface area contributed by atoms with Gasteiger partial charge in [0.25, 0.3) is 0 Å². The Morgan fingerprint density at radius 3 is 2.14 bits per heavy atom. The van der Waals surface area contributed by atoms with Crippen molar-refractivity contribution in [3.63, 3.8) is 0 Å². The monoisotopic (exact) mass is 502 g/mol. The van der Waals surface area contributed by atoms with E-state index in [4.69, 9.17) is 16.6 Å². The average Bonchev–Trinajstić information content (AvgIpc) is 2.89. The van der Waals surface area contributed by atoms with Gasteiger partial charge in [0, 0.05) is 22.8 Å². The maximum atomic E-state index is 13.0. The van der Waals surface area contributed by atoms with E-state index in [0.29, 0.717) is 32.6 Å². The third-order valence-electron chi connectivity index (χ3n) is 5.31. The van der Waals surface area contributed by atoms with Gasteiger partial charge in [-0.25, -0.2) is 19.4 Å². The first-order valence-corrected chi connectivity index (χ1v) is 12.3. The summed E-state index contributed by atoms with van der Waals surface area (Å²) in [5, 5.41) is 13.1. The van der Waals surface area contributed by atoms with Crippen molar-refractivity contribution in [1.29, 1.82) is 0 Å². The molecule has 1 atom stereocenters. The number of hydrogen-bond donors (Lipinski definition) is 4. The number of aromatic nitrogens is 2. The maximum Gasteiger partial charge on any atom is 0.182 e. The number of anilines is 3. The quantitative estimate of drug-likeness (QED) is 0.176. The minimum Gasteiger partial charge on any atom is -0.337 e. The van der Waals surface area contributed by atoms with Crippen LogP contribution in [-0.2, 0) is 11.0 Å². The molecule has 174 valence electrons. The molecule has 0 fully saturated rings. The van der Waals surface area contributed by atoms with Gasteiger partial charge >= 0.3 is 0 Å². The van der Waals surface area contributed by atoms with E-state index < -0.39 is 11.0 Å². The molecule has 0 saturated heterocycles. The van der Waals surface area contributed by atoms with Gasteiger partial charge in [-0.2, -0.15) is 5.48 Å². The summed E-state index contributed by atoms with van der Waals surface area (Å²) in [6, 6.07) is 29.8. The summed E-state index contributed by atoms with van der Waals surface area (Å²) in [5.41, 5.74) is 6.00. The van der Waals surface area contributed by atoms with Crippen LogP contribution in [0.15, 0.2) is 102 Å². The fourth-order valence-electron chi connectivity index (χ4n) is 3.54. The third-order valence-corrected chi connectivity index (χ3v) is 6.64. The van der Waals surface area contributed by atoms with Gasteiger partial charge in [-0.3, -0.25) is 4.72 Å². The van der Waals surface area contributed by atoms with E-state index in [1.54, 1.807) is 24.3 Å². The van der Waals surface area contributed by atoms with Gasteiger partial charge in [-0.1, -0.05) is 35.9 Å². The van der Waals surface area contributed by atoms with Crippen LogP contribution < -0.4 is 15.5 Å². The molecule has 0 bridgehead atoms. The van der Waals surface area contributed by atoms with E-state index >= 15 is 0 Å². The molecule has 0 spiro atoms. The smallest absolute Gasteiger partial charge is 0.182 e. The van der Waals surface area contributed by atoms with Crippen LogP contribution in [0, 0.1) is 0 Å². The summed E-state index contributed by atoms with van der Waals surface area (Å²) in [7, 11) is -1.57. The first-order valence-electron chi connectivity index (χ1n) is 10.7. The lowest BCUT2D eigenvalue weighted by molar-refractivity contribution is -0.825. The van der Waals surface area contributed by atoms with E-state index in [1.807, 2.05) is 72.8 Å². The number of fused-ring (bicyclic) bond motifs is 1. The molecule has 5 rings (SSSR count). The third kappa shape index (κ3) is 5.31. The van der Waals surface area contributed by atoms with Gasteiger partial charge in [0.05, 0.1) is 15.9 Å². The number of hydrogen-bond acceptors (Lipinski definition) is 5. The molecular weight excluding hydrogens is 482 g/mol. The standard InChI is InChI=1S/C26H20ClN5O2S/c27-19-10-14-22(15-11-19)35(34)32-26-25(29-23-6-1-2-7-24(23)30-26)28-21-5-3-4-18(16-21)17-8-12-20(31-33)13-9-17/h1-16,31,33H,(H,28,29)(H,30,32)/p+1. The van der Waals surface area contributed by atoms with Gasteiger partial charge in [-0.05, 0) is 71.8 Å². The molecular formula is C26H21ClN5O2S+. The van der Waals surface area contributed by atoms with Crippen molar-refractivity contribution >= 4 is 56.6 Å². The minimum absolute atomic E-state index is 0.366. The Labute approximate surface area is 209 Å². The van der Waals surface area contributed by atoms with E-state index in [0.717, 1.165) is 28.0 Å². The number of benzene rings is 4. The number of quaternary nitrogens is 1. The van der Waals surface area contributed by atoms with Crippen molar-refractivity contribution in [2.75, 3.05) is 10.0 Å². The zero-order valence-electron chi connectivity index (χ0n) is 18.4. The van der Waals surface area contributed by atoms with Crippen LogP contribution in [0.3, 0.4) is 0 Å². The lowest BCUT2D eigenvalue weighted by Crippen LogP contribution is -2.73. The maximum absolute atomic E-state index is 13.0. The molecule has 0 aliphatic heterocycles. The molecule has 1 unspecified atom stereocenters. The van der Waals surface area contributed by atoms with Crippen LogP contribution in [-0.4, -0.2) is 19.4 Å². The Morgan fingerprint density at radius 2 is 1.46 bits per heavy atom. The minimum atomic E-state index is -1.57. The van der Waals surface area contributed by atoms with Crippen LogP contribution in [0.5, 0.6) is 0 Å². The summed E-state index contributed by atoms with van der Waals surface area (Å²) in [6.45, 7) is 0. The highest BCUT2D eigenvalue weighted by molar-refractivity contribution is 7.86. The largest absolute Gasteiger partial charge is 0.337 e. The molecule has 4 aromatic carbocycles. The van der Waals surface area contributed by atoms with Crippen LogP contribution in [0.4, 0.5) is 23.0 Å². The Hall–Kier alpha value is -3.82. The Bertz CT molecular complexity index is 1510. The van der Waals surface area contributed by atoms with Crippen molar-refractivity contribution in [2.45, 2.75) is 4.90 Å². The lowest BCUT2D eigenvalue weighted by Gasteiger charge is -2.14. The number of nitrogens with one attached hydrogen (secondary N) is 2. The fraction of sp³-hybridized carbons (Fsp3) is 0.